The van der Waals surface area contributed by atoms with Gasteiger partial charge in [0.15, 0.2) is 6.61 Å². The van der Waals surface area contributed by atoms with Gasteiger partial charge in [0.25, 0.3) is 8.32 Å². The molecule has 1 aromatic heterocycles. The first kappa shape index (κ1) is 38.0. The van der Waals surface area contributed by atoms with Crippen LogP contribution in [0.25, 0.3) is 22.4 Å². The lowest BCUT2D eigenvalue weighted by atomic mass is 9.90. The number of carboxylic acid groups (broad SMARTS) is 1. The second-order valence-electron chi connectivity index (χ2n) is 14.5. The van der Waals surface area contributed by atoms with Gasteiger partial charge in [0.05, 0.1) is 23.4 Å². The Morgan fingerprint density at radius 2 is 1.47 bits per heavy atom. The molecule has 1 fully saturated rings. The van der Waals surface area contributed by atoms with Crippen molar-refractivity contribution in [1.29, 1.82) is 0 Å². The Morgan fingerprint density at radius 3 is 2.00 bits per heavy atom. The Morgan fingerprint density at radius 1 is 0.906 bits per heavy atom. The molecule has 0 amide bonds. The zero-order valence-corrected chi connectivity index (χ0v) is 32.4. The number of hydrogen-bond acceptors (Lipinski definition) is 5. The summed E-state index contributed by atoms with van der Waals surface area (Å²) in [7, 11) is -5.46. The highest BCUT2D eigenvalue weighted by Crippen LogP contribution is 2.45. The Bertz CT molecular complexity index is 2090. The lowest BCUT2D eigenvalue weighted by molar-refractivity contribution is -0.138. The van der Waals surface area contributed by atoms with Crippen molar-refractivity contribution in [2.45, 2.75) is 64.0 Å². The number of aliphatic carboxylic acids is 1. The van der Waals surface area contributed by atoms with E-state index in [-0.39, 0.29) is 30.9 Å². The Kier molecular flexibility index (Phi) is 11.8. The van der Waals surface area contributed by atoms with E-state index in [0.29, 0.717) is 0 Å². The quantitative estimate of drug-likeness (QED) is 0.0735. The van der Waals surface area contributed by atoms with Gasteiger partial charge in [-0.05, 0) is 63.0 Å². The Labute approximate surface area is 313 Å². The van der Waals surface area contributed by atoms with E-state index in [1.54, 1.807) is 12.1 Å². The lowest BCUT2D eigenvalue weighted by Crippen LogP contribution is -2.68. The zero-order valence-electron chi connectivity index (χ0n) is 30.5. The van der Waals surface area contributed by atoms with Crippen LogP contribution >= 0.6 is 8.03 Å². The van der Waals surface area contributed by atoms with Crippen molar-refractivity contribution in [3.8, 4) is 34.2 Å². The first-order valence-corrected chi connectivity index (χ1v) is 21.2. The van der Waals surface area contributed by atoms with Crippen LogP contribution in [0.15, 0.2) is 115 Å². The molecule has 0 radical (unpaired) electrons. The summed E-state index contributed by atoms with van der Waals surface area (Å²) >= 11 is 0. The van der Waals surface area contributed by atoms with Crippen LogP contribution in [0.5, 0.6) is 0 Å². The van der Waals surface area contributed by atoms with Crippen LogP contribution in [-0.4, -0.2) is 43.2 Å². The summed E-state index contributed by atoms with van der Waals surface area (Å²) in [6.45, 7) is 8.21. The smallest absolute Gasteiger partial charge is 0.481 e. The molecule has 4 aromatic carbocycles. The second-order valence-corrected chi connectivity index (χ2v) is 20.0. The van der Waals surface area contributed by atoms with Crippen LogP contribution in [0, 0.1) is 24.6 Å². The maximum Gasteiger partial charge on any atom is 0.511 e. The molecule has 0 aliphatic heterocycles. The SMILES string of the molecule is Cc1c(-c2ccccc2)nc(C2CC2)c(C#CCO[P+](=O)C[C@H](CC(=O)O)O[Si](c2ccccc2)(c2ccccc2)C(C)(C)C)c1-c1ccc(F)cc1. The molecule has 0 saturated heterocycles. The number of halogens is 1. The van der Waals surface area contributed by atoms with Gasteiger partial charge in [0.1, 0.15) is 11.9 Å². The normalized spacial score (nSPS) is 13.9. The minimum atomic E-state index is -3.12. The average Bonchev–Trinajstić information content (AvgIpc) is 3.99. The predicted molar refractivity (Wildman–Crippen MR) is 212 cm³/mol. The van der Waals surface area contributed by atoms with E-state index in [9.17, 15) is 18.9 Å². The van der Waals surface area contributed by atoms with Gasteiger partial charge in [0.2, 0.25) is 6.16 Å². The Hall–Kier alpha value is -4.77. The zero-order chi connectivity index (χ0) is 37.6. The summed E-state index contributed by atoms with van der Waals surface area (Å²) < 4.78 is 40.5. The van der Waals surface area contributed by atoms with E-state index in [4.69, 9.17) is 13.9 Å². The number of nitrogens with zero attached hydrogens (tertiary/aromatic N) is 1. The van der Waals surface area contributed by atoms with Crippen molar-refractivity contribution in [2.24, 2.45) is 0 Å². The van der Waals surface area contributed by atoms with Gasteiger partial charge in [-0.3, -0.25) is 9.78 Å². The van der Waals surface area contributed by atoms with Crippen molar-refractivity contribution in [2.75, 3.05) is 12.8 Å². The van der Waals surface area contributed by atoms with E-state index in [0.717, 1.165) is 62.4 Å². The van der Waals surface area contributed by atoms with Crippen LogP contribution in [0.3, 0.4) is 0 Å². The fourth-order valence-electron chi connectivity index (χ4n) is 7.05. The van der Waals surface area contributed by atoms with Gasteiger partial charge >= 0.3 is 14.0 Å². The van der Waals surface area contributed by atoms with Crippen molar-refractivity contribution in [3.05, 3.63) is 138 Å². The van der Waals surface area contributed by atoms with Gasteiger partial charge in [0, 0.05) is 17.0 Å². The van der Waals surface area contributed by atoms with Crippen LogP contribution in [0.1, 0.15) is 62.8 Å². The number of benzene rings is 4. The number of hydrogen-bond donors (Lipinski definition) is 1. The topological polar surface area (TPSA) is 85.7 Å². The summed E-state index contributed by atoms with van der Waals surface area (Å²) in [5.74, 6) is 5.28. The van der Waals surface area contributed by atoms with Crippen LogP contribution < -0.4 is 10.4 Å². The molecule has 53 heavy (non-hydrogen) atoms. The number of aromatic nitrogens is 1. The largest absolute Gasteiger partial charge is 0.511 e. The lowest BCUT2D eigenvalue weighted by Gasteiger charge is -2.44. The van der Waals surface area contributed by atoms with Gasteiger partial charge in [-0.2, -0.15) is 0 Å². The summed E-state index contributed by atoms with van der Waals surface area (Å²) in [6, 6.07) is 36.3. The first-order valence-electron chi connectivity index (χ1n) is 17.9. The molecule has 6 nitrogen and oxygen atoms in total. The number of rotatable bonds is 13. The molecule has 5 aromatic rings. The second kappa shape index (κ2) is 16.5. The predicted octanol–water partition coefficient (Wildman–Crippen LogP) is 9.27. The molecule has 1 aliphatic carbocycles. The van der Waals surface area contributed by atoms with Crippen molar-refractivity contribution < 1.29 is 27.8 Å². The first-order chi connectivity index (χ1) is 25.5. The van der Waals surface area contributed by atoms with Gasteiger partial charge in [-0.15, -0.1) is 4.52 Å². The molecule has 1 aliphatic rings. The third kappa shape index (κ3) is 8.72. The molecule has 0 bridgehead atoms. The molecule has 1 N–H and O–H groups in total. The van der Waals surface area contributed by atoms with Gasteiger partial charge < -0.3 is 9.53 Å². The molecule has 6 rings (SSSR count). The van der Waals surface area contributed by atoms with E-state index >= 15 is 0 Å². The highest BCUT2D eigenvalue weighted by Gasteiger charge is 2.52. The third-order valence-electron chi connectivity index (χ3n) is 9.62. The minimum Gasteiger partial charge on any atom is -0.481 e. The van der Waals surface area contributed by atoms with Crippen molar-refractivity contribution in [1.82, 2.24) is 4.98 Å². The number of carboxylic acids is 1. The molecule has 1 unspecified atom stereocenters. The maximum absolute atomic E-state index is 14.0. The highest BCUT2D eigenvalue weighted by molar-refractivity contribution is 7.39. The van der Waals surface area contributed by atoms with Crippen LogP contribution in [-0.2, 0) is 18.3 Å². The third-order valence-corrected chi connectivity index (χ3v) is 15.8. The fraction of sp³-hybridized carbons (Fsp3) is 0.273. The fourth-order valence-corrected chi connectivity index (χ4v) is 12.7. The van der Waals surface area contributed by atoms with Crippen molar-refractivity contribution >= 4 is 32.7 Å². The number of pyridine rings is 1. The van der Waals surface area contributed by atoms with E-state index in [2.05, 4.69) is 32.6 Å². The molecule has 9 heteroatoms. The molecule has 1 saturated carbocycles. The van der Waals surface area contributed by atoms with Gasteiger partial charge in [-0.1, -0.05) is 136 Å². The molecular weight excluding hydrogens is 701 g/mol. The summed E-state index contributed by atoms with van der Waals surface area (Å²) in [5.41, 5.74) is 6.16. The molecule has 0 spiro atoms. The molecule has 1 heterocycles. The maximum atomic E-state index is 14.0. The summed E-state index contributed by atoms with van der Waals surface area (Å²) in [4.78, 5) is 17.3. The van der Waals surface area contributed by atoms with E-state index < -0.39 is 33.5 Å². The monoisotopic (exact) mass is 744 g/mol. The molecule has 270 valence electrons. The average molecular weight is 745 g/mol. The standard InChI is InChI=1S/C44H43FNO5PSi/c1-31-41(32-24-26-35(45)27-25-32)39(43(34-22-23-34)46-42(31)33-15-8-5-9-16-33)21-14-28-50-52(49)30-36(29-40(47)48)51-53(44(2,3)4,37-17-10-6-11-18-37)38-19-12-7-13-20-38/h5-13,15-20,24-27,34,36H,22-23,28-30H2,1-4H3/p+1/t36-/m0/s1. The Balaban J connectivity index is 1.29. The van der Waals surface area contributed by atoms with Crippen LogP contribution in [0.2, 0.25) is 5.04 Å². The van der Waals surface area contributed by atoms with Crippen molar-refractivity contribution in [3.63, 3.8) is 0 Å². The van der Waals surface area contributed by atoms with Crippen LogP contribution in [0.4, 0.5) is 4.39 Å². The molecular formula is C44H44FNO5PSi+. The summed E-state index contributed by atoms with van der Waals surface area (Å²) in [5, 5.41) is 11.6. The molecule has 2 atom stereocenters. The van der Waals surface area contributed by atoms with Gasteiger partial charge in [-0.25, -0.2) is 4.39 Å². The summed E-state index contributed by atoms with van der Waals surface area (Å²) in [6.07, 6.45) is 0.694. The number of carbonyl (C=O) groups is 1. The van der Waals surface area contributed by atoms with E-state index in [1.165, 1.54) is 12.1 Å². The minimum absolute atomic E-state index is 0.103. The van der Waals surface area contributed by atoms with E-state index in [1.807, 2.05) is 97.9 Å². The highest BCUT2D eigenvalue weighted by atomic mass is 31.1.